The first-order valence-corrected chi connectivity index (χ1v) is 11.7. The Hall–Kier alpha value is -4.23. The first kappa shape index (κ1) is 25.4. The Morgan fingerprint density at radius 3 is 2.11 bits per heavy atom. The smallest absolute Gasteiger partial charge is 0.268 e. The normalized spacial score (nSPS) is 11.0. The zero-order chi connectivity index (χ0) is 25.2. The van der Waals surface area contributed by atoms with E-state index in [2.05, 4.69) is 20.8 Å². The summed E-state index contributed by atoms with van der Waals surface area (Å²) in [6.07, 6.45) is 1.50. The summed E-state index contributed by atoms with van der Waals surface area (Å²) in [4.78, 5) is 23.5. The number of aromatic nitrogens is 2. The van der Waals surface area contributed by atoms with Gasteiger partial charge in [0.15, 0.2) is 0 Å². The van der Waals surface area contributed by atoms with Gasteiger partial charge in [0, 0.05) is 18.5 Å². The summed E-state index contributed by atoms with van der Waals surface area (Å²) >= 11 is 1.28. The minimum atomic E-state index is -0.540. The molecule has 0 saturated heterocycles. The molecule has 2 aromatic carbocycles. The van der Waals surface area contributed by atoms with Crippen LogP contribution in [0, 0.1) is 11.3 Å². The van der Waals surface area contributed by atoms with E-state index in [1.165, 1.54) is 24.3 Å². The molecule has 0 aliphatic heterocycles. The first-order chi connectivity index (χ1) is 16.8. The molecule has 0 saturated carbocycles. The van der Waals surface area contributed by atoms with Crippen molar-refractivity contribution in [2.45, 2.75) is 26.7 Å². The highest BCUT2D eigenvalue weighted by Gasteiger charge is 2.14. The number of hydrogen-bond donors (Lipinski definition) is 2. The zero-order valence-corrected chi connectivity index (χ0v) is 20.4. The average Bonchev–Trinajstić information content (AvgIpc) is 3.30. The van der Waals surface area contributed by atoms with Gasteiger partial charge in [0.2, 0.25) is 11.0 Å². The molecule has 0 atom stereocenters. The number of nitrogens with one attached hydrogen (secondary N) is 2. The maximum Gasteiger partial charge on any atom is 0.268 e. The van der Waals surface area contributed by atoms with Crippen LogP contribution < -0.4 is 20.1 Å². The number of carbonyl (C=O) groups is 2. The van der Waals surface area contributed by atoms with Crippen LogP contribution in [-0.4, -0.2) is 35.2 Å². The van der Waals surface area contributed by atoms with Gasteiger partial charge in [-0.15, -0.1) is 10.2 Å². The van der Waals surface area contributed by atoms with Crippen LogP contribution in [0.4, 0.5) is 10.8 Å². The van der Waals surface area contributed by atoms with E-state index in [4.69, 9.17) is 9.47 Å². The van der Waals surface area contributed by atoms with Crippen molar-refractivity contribution in [3.8, 4) is 17.6 Å². The molecule has 0 aliphatic rings. The van der Waals surface area contributed by atoms with Crippen LogP contribution in [0.25, 0.3) is 6.08 Å². The van der Waals surface area contributed by atoms with Gasteiger partial charge in [-0.3, -0.25) is 14.9 Å². The van der Waals surface area contributed by atoms with Gasteiger partial charge in [-0.25, -0.2) is 0 Å². The highest BCUT2D eigenvalue weighted by molar-refractivity contribution is 7.15. The fourth-order valence-corrected chi connectivity index (χ4v) is 3.56. The Morgan fingerprint density at radius 2 is 1.60 bits per heavy atom. The molecule has 0 fully saturated rings. The molecule has 0 unspecified atom stereocenters. The van der Waals surface area contributed by atoms with Crippen LogP contribution >= 0.6 is 11.3 Å². The molecule has 2 N–H and O–H groups in total. The number of amides is 2. The van der Waals surface area contributed by atoms with Crippen molar-refractivity contribution < 1.29 is 19.1 Å². The van der Waals surface area contributed by atoms with Gasteiger partial charge >= 0.3 is 0 Å². The molecule has 10 heteroatoms. The third-order valence-corrected chi connectivity index (χ3v) is 5.65. The standard InChI is InChI=1S/C25H25N5O4S/c1-16(2)24-29-30-25(35-24)28-23(32)19(15-26)14-18-4-8-21(9-5-18)33-12-13-34-22-10-6-20(7-11-22)27-17(3)31/h4-11,14,16H,12-13H2,1-3H3,(H,27,31)(H,28,30,32). The van der Waals surface area contributed by atoms with Gasteiger partial charge in [0.1, 0.15) is 41.4 Å². The number of nitrogens with zero attached hydrogens (tertiary/aromatic N) is 3. The monoisotopic (exact) mass is 491 g/mol. The molecule has 2 amide bonds. The number of carbonyl (C=O) groups excluding carboxylic acids is 2. The predicted octanol–water partition coefficient (Wildman–Crippen LogP) is 4.62. The van der Waals surface area contributed by atoms with Crippen LogP contribution in [0.2, 0.25) is 0 Å². The Balaban J connectivity index is 1.48. The fourth-order valence-electron chi connectivity index (χ4n) is 2.82. The Kier molecular flexibility index (Phi) is 8.92. The van der Waals surface area contributed by atoms with Crippen molar-refractivity contribution in [2.75, 3.05) is 23.8 Å². The molecule has 180 valence electrons. The second-order valence-electron chi connectivity index (χ2n) is 7.70. The molecule has 35 heavy (non-hydrogen) atoms. The van der Waals surface area contributed by atoms with E-state index in [1.807, 2.05) is 19.9 Å². The third-order valence-electron chi connectivity index (χ3n) is 4.51. The minimum Gasteiger partial charge on any atom is -0.490 e. The fraction of sp³-hybridized carbons (Fsp3) is 0.240. The maximum absolute atomic E-state index is 12.4. The summed E-state index contributed by atoms with van der Waals surface area (Å²) in [5.41, 5.74) is 1.34. The topological polar surface area (TPSA) is 126 Å². The van der Waals surface area contributed by atoms with Crippen LogP contribution in [0.15, 0.2) is 54.1 Å². The Morgan fingerprint density at radius 1 is 1.00 bits per heavy atom. The van der Waals surface area contributed by atoms with E-state index in [0.29, 0.717) is 41.1 Å². The van der Waals surface area contributed by atoms with Crippen molar-refractivity contribution in [3.63, 3.8) is 0 Å². The lowest BCUT2D eigenvalue weighted by Gasteiger charge is -2.09. The lowest BCUT2D eigenvalue weighted by molar-refractivity contribution is -0.114. The molecular formula is C25H25N5O4S. The number of rotatable bonds is 10. The summed E-state index contributed by atoms with van der Waals surface area (Å²) in [6, 6.07) is 16.0. The maximum atomic E-state index is 12.4. The second kappa shape index (κ2) is 12.3. The van der Waals surface area contributed by atoms with Crippen molar-refractivity contribution in [1.82, 2.24) is 10.2 Å². The van der Waals surface area contributed by atoms with Gasteiger partial charge in [0.05, 0.1) is 0 Å². The molecule has 3 aromatic rings. The zero-order valence-electron chi connectivity index (χ0n) is 19.6. The summed E-state index contributed by atoms with van der Waals surface area (Å²) in [7, 11) is 0. The van der Waals surface area contributed by atoms with E-state index in [9.17, 15) is 14.9 Å². The molecule has 1 aromatic heterocycles. The number of anilines is 2. The average molecular weight is 492 g/mol. The number of hydrogen-bond acceptors (Lipinski definition) is 8. The summed E-state index contributed by atoms with van der Waals surface area (Å²) in [6.45, 7) is 6.09. The van der Waals surface area contributed by atoms with Gasteiger partial charge in [0.25, 0.3) is 5.91 Å². The van der Waals surface area contributed by atoms with Gasteiger partial charge in [-0.1, -0.05) is 37.3 Å². The van der Waals surface area contributed by atoms with Gasteiger partial charge < -0.3 is 14.8 Å². The number of nitriles is 1. The molecular weight excluding hydrogens is 466 g/mol. The molecule has 1 heterocycles. The van der Waals surface area contributed by atoms with Crippen LogP contribution in [0.1, 0.15) is 37.3 Å². The van der Waals surface area contributed by atoms with E-state index in [0.717, 1.165) is 5.01 Å². The van der Waals surface area contributed by atoms with Crippen LogP contribution in [-0.2, 0) is 9.59 Å². The lowest BCUT2D eigenvalue weighted by Crippen LogP contribution is -2.13. The Bertz CT molecular complexity index is 1230. The quantitative estimate of drug-likeness (QED) is 0.241. The SMILES string of the molecule is CC(=O)Nc1ccc(OCCOc2ccc(C=C(C#N)C(=O)Nc3nnc(C(C)C)s3)cc2)cc1. The van der Waals surface area contributed by atoms with Gasteiger partial charge in [-0.05, 0) is 48.0 Å². The third kappa shape index (κ3) is 7.94. The van der Waals surface area contributed by atoms with E-state index in [1.54, 1.807) is 48.5 Å². The van der Waals surface area contributed by atoms with E-state index < -0.39 is 5.91 Å². The van der Waals surface area contributed by atoms with Crippen molar-refractivity contribution in [1.29, 1.82) is 5.26 Å². The molecule has 0 bridgehead atoms. The summed E-state index contributed by atoms with van der Waals surface area (Å²) in [5.74, 6) is 0.832. The van der Waals surface area contributed by atoms with Crippen molar-refractivity contribution >= 4 is 40.0 Å². The highest BCUT2D eigenvalue weighted by atomic mass is 32.1. The molecule has 3 rings (SSSR count). The summed E-state index contributed by atoms with van der Waals surface area (Å²) in [5, 5.41) is 23.8. The summed E-state index contributed by atoms with van der Waals surface area (Å²) < 4.78 is 11.3. The molecule has 0 aliphatic carbocycles. The Labute approximate surface area is 207 Å². The molecule has 0 radical (unpaired) electrons. The highest BCUT2D eigenvalue weighted by Crippen LogP contribution is 2.23. The van der Waals surface area contributed by atoms with Crippen molar-refractivity contribution in [3.05, 3.63) is 64.7 Å². The van der Waals surface area contributed by atoms with Crippen LogP contribution in [0.5, 0.6) is 11.5 Å². The van der Waals surface area contributed by atoms with Crippen LogP contribution in [0.3, 0.4) is 0 Å². The van der Waals surface area contributed by atoms with E-state index in [-0.39, 0.29) is 17.4 Å². The van der Waals surface area contributed by atoms with E-state index >= 15 is 0 Å². The number of benzene rings is 2. The predicted molar refractivity (Wildman–Crippen MR) is 134 cm³/mol. The molecule has 9 nitrogen and oxygen atoms in total. The number of ether oxygens (including phenoxy) is 2. The molecule has 0 spiro atoms. The van der Waals surface area contributed by atoms with Crippen molar-refractivity contribution in [2.24, 2.45) is 0 Å². The largest absolute Gasteiger partial charge is 0.490 e. The second-order valence-corrected chi connectivity index (χ2v) is 8.70. The first-order valence-electron chi connectivity index (χ1n) is 10.8. The minimum absolute atomic E-state index is 0.0436. The lowest BCUT2D eigenvalue weighted by atomic mass is 10.1. The van der Waals surface area contributed by atoms with Gasteiger partial charge in [-0.2, -0.15) is 5.26 Å².